The molecule has 0 saturated carbocycles. The fourth-order valence-corrected chi connectivity index (χ4v) is 0.965. The molecule has 1 aromatic rings. The average molecular weight is 224 g/mol. The fourth-order valence-electron chi connectivity index (χ4n) is 0.965. The summed E-state index contributed by atoms with van der Waals surface area (Å²) in [5, 5.41) is 16.2. The van der Waals surface area contributed by atoms with Crippen LogP contribution >= 0.6 is 0 Å². The van der Waals surface area contributed by atoms with Crippen LogP contribution in [0.4, 0.5) is 11.6 Å². The van der Waals surface area contributed by atoms with Gasteiger partial charge in [0, 0.05) is 12.6 Å². The van der Waals surface area contributed by atoms with Gasteiger partial charge in [0.25, 0.3) is 0 Å². The van der Waals surface area contributed by atoms with Crippen LogP contribution in [0, 0.1) is 0 Å². The van der Waals surface area contributed by atoms with Crippen LogP contribution in [0.1, 0.15) is 20.3 Å². The molecule has 0 aliphatic carbocycles. The quantitative estimate of drug-likeness (QED) is 0.450. The summed E-state index contributed by atoms with van der Waals surface area (Å²) in [7, 11) is 0. The highest BCUT2D eigenvalue weighted by molar-refractivity contribution is 6.13. The van der Waals surface area contributed by atoms with Crippen LogP contribution in [0.15, 0.2) is 21.0 Å². The molecule has 0 bridgehead atoms. The van der Waals surface area contributed by atoms with E-state index in [-0.39, 0.29) is 28.8 Å². The third-order valence-corrected chi connectivity index (χ3v) is 1.84. The second-order valence-electron chi connectivity index (χ2n) is 3.00. The van der Waals surface area contributed by atoms with Crippen LogP contribution in [0.5, 0.6) is 0 Å². The molecule has 1 rings (SSSR count). The highest BCUT2D eigenvalue weighted by Gasteiger charge is 2.08. The first-order valence-electron chi connectivity index (χ1n) is 4.61. The summed E-state index contributed by atoms with van der Waals surface area (Å²) in [6.07, 6.45) is 1.53. The number of aliphatic hydroxyl groups excluding tert-OH is 1. The number of aliphatic imine (C=N–C) groups is 1. The number of rotatable bonds is 4. The van der Waals surface area contributed by atoms with Crippen LogP contribution < -0.4 is 5.73 Å². The van der Waals surface area contributed by atoms with Crippen LogP contribution in [-0.4, -0.2) is 27.4 Å². The van der Waals surface area contributed by atoms with E-state index in [2.05, 4.69) is 19.9 Å². The third kappa shape index (κ3) is 2.66. The number of aromatic nitrogens is 2. The van der Waals surface area contributed by atoms with Crippen molar-refractivity contribution in [2.75, 3.05) is 5.73 Å². The van der Waals surface area contributed by atoms with Gasteiger partial charge in [-0.15, -0.1) is 0 Å². The largest absolute Gasteiger partial charge is 0.512 e. The maximum Gasteiger partial charge on any atom is 0.240 e. The molecule has 0 atom stereocenters. The van der Waals surface area contributed by atoms with E-state index in [9.17, 15) is 9.90 Å². The molecule has 0 aliphatic rings. The summed E-state index contributed by atoms with van der Waals surface area (Å²) in [5.74, 6) is -0.234. The number of nitrogens with two attached hydrogens (primary N) is 1. The molecule has 0 radical (unpaired) electrons. The smallest absolute Gasteiger partial charge is 0.240 e. The number of anilines is 1. The minimum absolute atomic E-state index is 0.0233. The lowest BCUT2D eigenvalue weighted by molar-refractivity contribution is -0.113. The summed E-state index contributed by atoms with van der Waals surface area (Å²) < 4.78 is 4.32. The standard InChI is InChI=1S/C9H12N4O3/c1-3-7(15)6(5(2)14)4-11-9-8(10)12-16-13-9/h4,15H,3H2,1-2H3,(H2,10,12)/b7-6+,11-4?. The molecule has 16 heavy (non-hydrogen) atoms. The van der Waals surface area contributed by atoms with Crippen LogP contribution in [0.2, 0.25) is 0 Å². The van der Waals surface area contributed by atoms with Gasteiger partial charge in [0.1, 0.15) is 5.76 Å². The van der Waals surface area contributed by atoms with Crippen molar-refractivity contribution in [2.24, 2.45) is 4.99 Å². The number of aliphatic hydroxyl groups is 1. The summed E-state index contributed by atoms with van der Waals surface area (Å²) in [6.45, 7) is 3.05. The summed E-state index contributed by atoms with van der Waals surface area (Å²) >= 11 is 0. The molecule has 0 spiro atoms. The summed E-state index contributed by atoms with van der Waals surface area (Å²) in [4.78, 5) is 15.0. The highest BCUT2D eigenvalue weighted by atomic mass is 16.6. The Balaban J connectivity index is 2.98. The molecule has 7 heteroatoms. The van der Waals surface area contributed by atoms with Crippen molar-refractivity contribution >= 4 is 23.6 Å². The number of hydrogen-bond acceptors (Lipinski definition) is 7. The van der Waals surface area contributed by atoms with Gasteiger partial charge in [-0.2, -0.15) is 0 Å². The fraction of sp³-hybridized carbons (Fsp3) is 0.333. The van der Waals surface area contributed by atoms with E-state index in [0.29, 0.717) is 6.42 Å². The molecule has 0 fully saturated rings. The first-order valence-corrected chi connectivity index (χ1v) is 4.61. The van der Waals surface area contributed by atoms with Crippen molar-refractivity contribution in [3.05, 3.63) is 11.3 Å². The zero-order valence-corrected chi connectivity index (χ0v) is 8.97. The van der Waals surface area contributed by atoms with E-state index in [4.69, 9.17) is 5.73 Å². The number of carbonyl (C=O) groups is 1. The predicted molar refractivity (Wildman–Crippen MR) is 57.5 cm³/mol. The van der Waals surface area contributed by atoms with Crippen molar-refractivity contribution in [1.29, 1.82) is 0 Å². The number of Topliss-reactive ketones (excluding diaryl/α,β-unsaturated/α-hetero) is 1. The maximum absolute atomic E-state index is 11.2. The van der Waals surface area contributed by atoms with Gasteiger partial charge in [0.2, 0.25) is 11.6 Å². The first kappa shape index (κ1) is 11.9. The Labute approximate surface area is 91.6 Å². The summed E-state index contributed by atoms with van der Waals surface area (Å²) in [5.41, 5.74) is 5.48. The molecule has 7 nitrogen and oxygen atoms in total. The molecule has 0 aromatic carbocycles. The Bertz CT molecular complexity index is 447. The number of nitrogen functional groups attached to an aromatic ring is 1. The molecule has 1 aromatic heterocycles. The third-order valence-electron chi connectivity index (χ3n) is 1.84. The molecule has 0 saturated heterocycles. The van der Waals surface area contributed by atoms with Gasteiger partial charge >= 0.3 is 0 Å². The first-order chi connectivity index (χ1) is 7.56. The molecule has 86 valence electrons. The molecular formula is C9H12N4O3. The van der Waals surface area contributed by atoms with Gasteiger partial charge < -0.3 is 10.8 Å². The maximum atomic E-state index is 11.2. The van der Waals surface area contributed by atoms with Crippen molar-refractivity contribution in [2.45, 2.75) is 20.3 Å². The number of hydrogen-bond donors (Lipinski definition) is 2. The monoisotopic (exact) mass is 224 g/mol. The Morgan fingerprint density at radius 2 is 2.31 bits per heavy atom. The lowest BCUT2D eigenvalue weighted by Crippen LogP contribution is -2.02. The Hall–Kier alpha value is -2.18. The van der Waals surface area contributed by atoms with Crippen molar-refractivity contribution < 1.29 is 14.5 Å². The zero-order valence-electron chi connectivity index (χ0n) is 8.97. The van der Waals surface area contributed by atoms with E-state index >= 15 is 0 Å². The van der Waals surface area contributed by atoms with Gasteiger partial charge in [0.15, 0.2) is 5.78 Å². The van der Waals surface area contributed by atoms with E-state index in [1.807, 2.05) is 0 Å². The van der Waals surface area contributed by atoms with E-state index in [1.54, 1.807) is 6.92 Å². The van der Waals surface area contributed by atoms with Crippen molar-refractivity contribution in [3.8, 4) is 0 Å². The topological polar surface area (TPSA) is 115 Å². The molecular weight excluding hydrogens is 212 g/mol. The second kappa shape index (κ2) is 5.06. The average Bonchev–Trinajstić information content (AvgIpc) is 2.64. The Morgan fingerprint density at radius 3 is 2.75 bits per heavy atom. The van der Waals surface area contributed by atoms with Gasteiger partial charge in [0.05, 0.1) is 5.57 Å². The summed E-state index contributed by atoms with van der Waals surface area (Å²) in [6, 6.07) is 0. The molecule has 0 amide bonds. The lowest BCUT2D eigenvalue weighted by Gasteiger charge is -1.99. The number of carbonyl (C=O) groups excluding carboxylic acids is 1. The van der Waals surface area contributed by atoms with Gasteiger partial charge in [-0.25, -0.2) is 9.62 Å². The van der Waals surface area contributed by atoms with Crippen LogP contribution in [0.3, 0.4) is 0 Å². The molecule has 1 heterocycles. The van der Waals surface area contributed by atoms with Gasteiger partial charge in [-0.05, 0) is 17.2 Å². The predicted octanol–water partition coefficient (Wildman–Crippen LogP) is 1.17. The molecule has 3 N–H and O–H groups in total. The molecule has 0 aliphatic heterocycles. The van der Waals surface area contributed by atoms with E-state index in [0.717, 1.165) is 0 Å². The van der Waals surface area contributed by atoms with E-state index in [1.165, 1.54) is 13.1 Å². The second-order valence-corrected chi connectivity index (χ2v) is 3.00. The lowest BCUT2D eigenvalue weighted by atomic mass is 10.1. The number of allylic oxidation sites excluding steroid dienone is 2. The van der Waals surface area contributed by atoms with Gasteiger partial charge in [-0.3, -0.25) is 4.79 Å². The molecule has 0 unspecified atom stereocenters. The van der Waals surface area contributed by atoms with Gasteiger partial charge in [-0.1, -0.05) is 6.92 Å². The minimum Gasteiger partial charge on any atom is -0.512 e. The minimum atomic E-state index is -0.293. The van der Waals surface area contributed by atoms with Crippen molar-refractivity contribution in [1.82, 2.24) is 10.3 Å². The normalized spacial score (nSPS) is 12.9. The SMILES string of the molecule is CC/C(O)=C(/C=Nc1nonc1N)C(C)=O. The Kier molecular flexibility index (Phi) is 3.76. The Morgan fingerprint density at radius 1 is 1.62 bits per heavy atom. The number of nitrogens with zero attached hydrogens (tertiary/aromatic N) is 3. The zero-order chi connectivity index (χ0) is 12.1. The van der Waals surface area contributed by atoms with Crippen LogP contribution in [0.25, 0.3) is 0 Å². The number of ketones is 1. The van der Waals surface area contributed by atoms with Crippen molar-refractivity contribution in [3.63, 3.8) is 0 Å². The van der Waals surface area contributed by atoms with E-state index < -0.39 is 0 Å². The highest BCUT2D eigenvalue weighted by Crippen LogP contribution is 2.15. The van der Waals surface area contributed by atoms with Crippen LogP contribution in [-0.2, 0) is 4.79 Å².